The van der Waals surface area contributed by atoms with E-state index in [4.69, 9.17) is 0 Å². The third-order valence-corrected chi connectivity index (χ3v) is 5.50. The Morgan fingerprint density at radius 1 is 1.40 bits per heavy atom. The Bertz CT molecular complexity index is 815. The van der Waals surface area contributed by atoms with Crippen molar-refractivity contribution in [1.29, 1.82) is 0 Å². The van der Waals surface area contributed by atoms with Crippen LogP contribution in [-0.2, 0) is 13.0 Å². The molecule has 1 aromatic carbocycles. The zero-order valence-corrected chi connectivity index (χ0v) is 12.5. The van der Waals surface area contributed by atoms with Crippen LogP contribution < -0.4 is 0 Å². The summed E-state index contributed by atoms with van der Waals surface area (Å²) < 4.78 is 15.4. The van der Waals surface area contributed by atoms with Crippen molar-refractivity contribution in [2.75, 3.05) is 13.1 Å². The molecule has 0 saturated heterocycles. The van der Waals surface area contributed by atoms with Gasteiger partial charge in [0.1, 0.15) is 5.82 Å². The highest BCUT2D eigenvalue weighted by atomic mass is 32.1. The first kappa shape index (κ1) is 12.4. The first-order valence-corrected chi connectivity index (χ1v) is 7.99. The Kier molecular flexibility index (Phi) is 2.66. The largest absolute Gasteiger partial charge is 0.356 e. The Labute approximate surface area is 121 Å². The maximum absolute atomic E-state index is 14.4. The summed E-state index contributed by atoms with van der Waals surface area (Å²) in [6.07, 6.45) is 0.988. The van der Waals surface area contributed by atoms with Crippen molar-refractivity contribution >= 4 is 32.3 Å². The van der Waals surface area contributed by atoms with E-state index in [0.29, 0.717) is 5.52 Å². The highest BCUT2D eigenvalue weighted by Crippen LogP contribution is 2.38. The number of aromatic amines is 1. The van der Waals surface area contributed by atoms with Crippen LogP contribution in [0.5, 0.6) is 0 Å². The molecule has 2 nitrogen and oxygen atoms in total. The first-order valence-electron chi connectivity index (χ1n) is 7.11. The second-order valence-electron chi connectivity index (χ2n) is 5.60. The van der Waals surface area contributed by atoms with Crippen LogP contribution in [0.15, 0.2) is 11.4 Å². The molecule has 3 heterocycles. The standard InChI is InChI=1S/C16H17FN2S/c1-3-19-5-4-12-10(7-19)15-14-9(2)8-20-13(14)6-11(17)16(15)18-12/h6,8,18H,3-5,7H2,1-2H3. The van der Waals surface area contributed by atoms with Gasteiger partial charge in [-0.3, -0.25) is 4.90 Å². The number of aryl methyl sites for hydroxylation is 1. The lowest BCUT2D eigenvalue weighted by Gasteiger charge is -2.25. The summed E-state index contributed by atoms with van der Waals surface area (Å²) in [5, 5.41) is 4.48. The van der Waals surface area contributed by atoms with E-state index in [1.165, 1.54) is 22.2 Å². The van der Waals surface area contributed by atoms with Crippen LogP contribution in [0.1, 0.15) is 23.7 Å². The normalized spacial score (nSPS) is 16.1. The van der Waals surface area contributed by atoms with Crippen LogP contribution in [0.2, 0.25) is 0 Å². The summed E-state index contributed by atoms with van der Waals surface area (Å²) in [5.74, 6) is -0.119. The maximum Gasteiger partial charge on any atom is 0.148 e. The van der Waals surface area contributed by atoms with Crippen LogP contribution in [0.3, 0.4) is 0 Å². The van der Waals surface area contributed by atoms with Gasteiger partial charge in [0.25, 0.3) is 0 Å². The molecular formula is C16H17FN2S. The van der Waals surface area contributed by atoms with Gasteiger partial charge in [-0.05, 0) is 36.0 Å². The number of hydrogen-bond donors (Lipinski definition) is 1. The average molecular weight is 288 g/mol. The average Bonchev–Trinajstić information content (AvgIpc) is 2.99. The van der Waals surface area contributed by atoms with E-state index in [0.717, 1.165) is 36.1 Å². The van der Waals surface area contributed by atoms with E-state index < -0.39 is 0 Å². The van der Waals surface area contributed by atoms with Gasteiger partial charge >= 0.3 is 0 Å². The fraction of sp³-hybridized carbons (Fsp3) is 0.375. The number of thiophene rings is 1. The fourth-order valence-electron chi connectivity index (χ4n) is 3.35. The molecular weight excluding hydrogens is 271 g/mol. The third-order valence-electron chi connectivity index (χ3n) is 4.45. The summed E-state index contributed by atoms with van der Waals surface area (Å²) in [6, 6.07) is 1.68. The van der Waals surface area contributed by atoms with Crippen LogP contribution >= 0.6 is 11.3 Å². The number of halogens is 1. The monoisotopic (exact) mass is 288 g/mol. The van der Waals surface area contributed by atoms with E-state index in [1.807, 2.05) is 0 Å². The molecule has 0 atom stereocenters. The number of rotatable bonds is 1. The zero-order chi connectivity index (χ0) is 13.9. The Morgan fingerprint density at radius 2 is 2.25 bits per heavy atom. The molecule has 104 valence electrons. The van der Waals surface area contributed by atoms with E-state index in [-0.39, 0.29) is 5.82 Å². The molecule has 0 unspecified atom stereocenters. The van der Waals surface area contributed by atoms with E-state index in [1.54, 1.807) is 17.4 Å². The molecule has 1 N–H and O–H groups in total. The van der Waals surface area contributed by atoms with Crippen LogP contribution in [0.4, 0.5) is 4.39 Å². The number of fused-ring (bicyclic) bond motifs is 5. The van der Waals surface area contributed by atoms with Crippen molar-refractivity contribution in [2.45, 2.75) is 26.8 Å². The lowest BCUT2D eigenvalue weighted by Crippen LogP contribution is -2.29. The molecule has 0 saturated carbocycles. The van der Waals surface area contributed by atoms with Gasteiger partial charge < -0.3 is 4.98 Å². The van der Waals surface area contributed by atoms with Crippen LogP contribution in [-0.4, -0.2) is 23.0 Å². The molecule has 0 radical (unpaired) electrons. The van der Waals surface area contributed by atoms with E-state index >= 15 is 0 Å². The van der Waals surface area contributed by atoms with Crippen molar-refractivity contribution in [3.63, 3.8) is 0 Å². The van der Waals surface area contributed by atoms with Crippen molar-refractivity contribution < 1.29 is 4.39 Å². The highest BCUT2D eigenvalue weighted by molar-refractivity contribution is 7.17. The van der Waals surface area contributed by atoms with Crippen molar-refractivity contribution in [2.24, 2.45) is 0 Å². The number of nitrogens with zero attached hydrogens (tertiary/aromatic N) is 1. The van der Waals surface area contributed by atoms with Crippen molar-refractivity contribution in [3.8, 4) is 0 Å². The SMILES string of the molecule is CCN1CCc2[nH]c3c(F)cc4scc(C)c4c3c2C1. The molecule has 0 spiro atoms. The first-order chi connectivity index (χ1) is 9.69. The second kappa shape index (κ2) is 4.30. The molecule has 0 amide bonds. The fourth-order valence-corrected chi connectivity index (χ4v) is 4.33. The molecule has 4 rings (SSSR count). The Morgan fingerprint density at radius 3 is 3.05 bits per heavy atom. The third kappa shape index (κ3) is 1.58. The summed E-state index contributed by atoms with van der Waals surface area (Å²) >= 11 is 1.64. The number of aromatic nitrogens is 1. The number of hydrogen-bond acceptors (Lipinski definition) is 2. The molecule has 0 aliphatic carbocycles. The highest BCUT2D eigenvalue weighted by Gasteiger charge is 2.23. The van der Waals surface area contributed by atoms with Gasteiger partial charge in [0.05, 0.1) is 5.52 Å². The van der Waals surface area contributed by atoms with Crippen LogP contribution in [0.25, 0.3) is 21.0 Å². The minimum atomic E-state index is -0.119. The number of benzene rings is 1. The summed E-state index contributed by atoms with van der Waals surface area (Å²) in [4.78, 5) is 5.77. The zero-order valence-electron chi connectivity index (χ0n) is 11.7. The Hall–Kier alpha value is -1.39. The lowest BCUT2D eigenvalue weighted by atomic mass is 10.0. The summed E-state index contributed by atoms with van der Waals surface area (Å²) in [5.41, 5.74) is 4.48. The van der Waals surface area contributed by atoms with E-state index in [2.05, 4.69) is 29.1 Å². The topological polar surface area (TPSA) is 19.0 Å². The van der Waals surface area contributed by atoms with Gasteiger partial charge in [0.2, 0.25) is 0 Å². The predicted octanol–water partition coefficient (Wildman–Crippen LogP) is 4.21. The second-order valence-corrected chi connectivity index (χ2v) is 6.51. The van der Waals surface area contributed by atoms with Gasteiger partial charge in [-0.1, -0.05) is 6.92 Å². The minimum Gasteiger partial charge on any atom is -0.356 e. The minimum absolute atomic E-state index is 0.119. The van der Waals surface area contributed by atoms with Gasteiger partial charge in [0.15, 0.2) is 0 Å². The summed E-state index contributed by atoms with van der Waals surface area (Å²) in [7, 11) is 0. The molecule has 3 aromatic rings. The Balaban J connectivity index is 2.11. The van der Waals surface area contributed by atoms with Crippen molar-refractivity contribution in [1.82, 2.24) is 9.88 Å². The van der Waals surface area contributed by atoms with Gasteiger partial charge in [-0.2, -0.15) is 0 Å². The van der Waals surface area contributed by atoms with Crippen LogP contribution in [0, 0.1) is 12.7 Å². The molecule has 1 aliphatic rings. The quantitative estimate of drug-likeness (QED) is 0.710. The molecule has 4 heteroatoms. The predicted molar refractivity (Wildman–Crippen MR) is 83.0 cm³/mol. The molecule has 20 heavy (non-hydrogen) atoms. The van der Waals surface area contributed by atoms with Gasteiger partial charge in [0, 0.05) is 40.7 Å². The molecule has 2 aromatic heterocycles. The van der Waals surface area contributed by atoms with E-state index in [9.17, 15) is 4.39 Å². The van der Waals surface area contributed by atoms with Crippen molar-refractivity contribution in [3.05, 3.63) is 34.1 Å². The lowest BCUT2D eigenvalue weighted by molar-refractivity contribution is 0.268. The molecule has 1 aliphatic heterocycles. The maximum atomic E-state index is 14.4. The number of H-pyrrole nitrogens is 1. The number of nitrogens with one attached hydrogen (secondary N) is 1. The number of likely N-dealkylation sites (N-methyl/N-ethyl adjacent to an activating group) is 1. The van der Waals surface area contributed by atoms with Gasteiger partial charge in [-0.25, -0.2) is 4.39 Å². The smallest absolute Gasteiger partial charge is 0.148 e. The molecule has 0 fully saturated rings. The summed E-state index contributed by atoms with van der Waals surface area (Å²) in [6.45, 7) is 7.35. The van der Waals surface area contributed by atoms with Gasteiger partial charge in [-0.15, -0.1) is 11.3 Å². The molecule has 0 bridgehead atoms.